The number of cyclic esters (lactones) is 2. The van der Waals surface area contributed by atoms with Crippen molar-refractivity contribution >= 4 is 18.2 Å². The molecule has 4 rings (SSSR count). The number of hydrogen-bond donors (Lipinski definition) is 0. The van der Waals surface area contributed by atoms with E-state index in [-0.39, 0.29) is 12.5 Å². The summed E-state index contributed by atoms with van der Waals surface area (Å²) in [7, 11) is 0. The molecule has 0 atom stereocenters. The standard InChI is InChI=1S/C20H17NO5/c1-20(2)17(22)26-19(24)21(20)18(23)25-11-16-14-9-5-3-7-12(14)13-8-4-6-10-15(13)16/h3-10,16H,11H2,1-2H3. The van der Waals surface area contributed by atoms with Gasteiger partial charge in [0.25, 0.3) is 0 Å². The molecule has 1 heterocycles. The molecule has 2 aromatic rings. The highest BCUT2D eigenvalue weighted by atomic mass is 16.6. The van der Waals surface area contributed by atoms with E-state index < -0.39 is 23.7 Å². The van der Waals surface area contributed by atoms with E-state index in [0.717, 1.165) is 27.2 Å². The molecule has 26 heavy (non-hydrogen) atoms. The fraction of sp³-hybridized carbons (Fsp3) is 0.250. The summed E-state index contributed by atoms with van der Waals surface area (Å²) >= 11 is 0. The molecule has 6 heteroatoms. The predicted molar refractivity (Wildman–Crippen MR) is 92.5 cm³/mol. The SMILES string of the molecule is CC1(C)C(=O)OC(=O)N1C(=O)OCC1c2ccccc2-c2ccccc21. The van der Waals surface area contributed by atoms with Crippen LogP contribution in [0.2, 0.25) is 0 Å². The molecule has 6 nitrogen and oxygen atoms in total. The Balaban J connectivity index is 1.58. The predicted octanol–water partition coefficient (Wildman–Crippen LogP) is 3.69. The highest BCUT2D eigenvalue weighted by molar-refractivity contribution is 6.06. The van der Waals surface area contributed by atoms with Gasteiger partial charge in [-0.1, -0.05) is 48.5 Å². The lowest BCUT2D eigenvalue weighted by Crippen LogP contribution is -2.48. The van der Waals surface area contributed by atoms with Crippen molar-refractivity contribution < 1.29 is 23.9 Å². The maximum atomic E-state index is 12.4. The monoisotopic (exact) mass is 351 g/mol. The lowest BCUT2D eigenvalue weighted by atomic mass is 9.98. The fourth-order valence-corrected chi connectivity index (χ4v) is 3.53. The first-order valence-corrected chi connectivity index (χ1v) is 8.32. The van der Waals surface area contributed by atoms with Crippen molar-refractivity contribution in [3.05, 3.63) is 59.7 Å². The summed E-state index contributed by atoms with van der Waals surface area (Å²) in [6.07, 6.45) is -1.88. The number of rotatable bonds is 2. The first kappa shape index (κ1) is 16.3. The lowest BCUT2D eigenvalue weighted by Gasteiger charge is -2.24. The Labute approximate surface area is 150 Å². The summed E-state index contributed by atoms with van der Waals surface area (Å²) in [5.41, 5.74) is 2.99. The van der Waals surface area contributed by atoms with Crippen LogP contribution in [0.3, 0.4) is 0 Å². The van der Waals surface area contributed by atoms with Gasteiger partial charge in [0.05, 0.1) is 0 Å². The Kier molecular flexibility index (Phi) is 3.57. The van der Waals surface area contributed by atoms with Crippen molar-refractivity contribution in [2.45, 2.75) is 25.3 Å². The van der Waals surface area contributed by atoms with E-state index >= 15 is 0 Å². The second-order valence-corrected chi connectivity index (χ2v) is 6.85. The van der Waals surface area contributed by atoms with Crippen LogP contribution < -0.4 is 0 Å². The molecule has 0 unspecified atom stereocenters. The van der Waals surface area contributed by atoms with Gasteiger partial charge in [0.2, 0.25) is 0 Å². The number of benzene rings is 2. The molecule has 1 saturated heterocycles. The van der Waals surface area contributed by atoms with Gasteiger partial charge in [0.15, 0.2) is 0 Å². The summed E-state index contributed by atoms with van der Waals surface area (Å²) in [5, 5.41) is 0. The van der Waals surface area contributed by atoms with E-state index in [2.05, 4.69) is 4.74 Å². The Morgan fingerprint density at radius 3 is 2.08 bits per heavy atom. The number of ether oxygens (including phenoxy) is 2. The van der Waals surface area contributed by atoms with Crippen molar-refractivity contribution in [3.8, 4) is 11.1 Å². The molecule has 1 aliphatic carbocycles. The third kappa shape index (κ3) is 2.29. The smallest absolute Gasteiger partial charge is 0.428 e. The van der Waals surface area contributed by atoms with E-state index in [9.17, 15) is 14.4 Å². The quantitative estimate of drug-likeness (QED) is 0.609. The molecule has 0 spiro atoms. The van der Waals surface area contributed by atoms with E-state index in [1.165, 1.54) is 13.8 Å². The number of fused-ring (bicyclic) bond motifs is 3. The zero-order valence-electron chi connectivity index (χ0n) is 14.4. The molecule has 0 radical (unpaired) electrons. The van der Waals surface area contributed by atoms with Crippen molar-refractivity contribution in [3.63, 3.8) is 0 Å². The molecule has 0 aromatic heterocycles. The molecule has 2 amide bonds. The normalized spacial score (nSPS) is 17.7. The second kappa shape index (κ2) is 5.69. The van der Waals surface area contributed by atoms with Crippen molar-refractivity contribution in [1.82, 2.24) is 4.90 Å². The molecule has 1 aliphatic heterocycles. The van der Waals surface area contributed by atoms with Crippen LogP contribution in [-0.4, -0.2) is 35.2 Å². The van der Waals surface area contributed by atoms with E-state index in [1.54, 1.807) is 0 Å². The largest absolute Gasteiger partial charge is 0.448 e. The van der Waals surface area contributed by atoms with E-state index in [1.807, 2.05) is 48.5 Å². The van der Waals surface area contributed by atoms with E-state index in [0.29, 0.717) is 0 Å². The number of carbonyl (C=O) groups excluding carboxylic acids is 3. The third-order valence-electron chi connectivity index (χ3n) is 4.94. The molecule has 2 aliphatic rings. The van der Waals surface area contributed by atoms with Crippen LogP contribution in [-0.2, 0) is 14.3 Å². The summed E-state index contributed by atoms with van der Waals surface area (Å²) in [6.45, 7) is 2.96. The minimum Gasteiger partial charge on any atom is -0.448 e. The van der Waals surface area contributed by atoms with Gasteiger partial charge in [-0.3, -0.25) is 0 Å². The van der Waals surface area contributed by atoms with Gasteiger partial charge in [0.1, 0.15) is 12.1 Å². The van der Waals surface area contributed by atoms with Gasteiger partial charge < -0.3 is 9.47 Å². The number of nitrogens with zero attached hydrogens (tertiary/aromatic N) is 1. The number of carbonyl (C=O) groups is 3. The first-order chi connectivity index (χ1) is 12.4. The van der Waals surface area contributed by atoms with Crippen LogP contribution in [0.25, 0.3) is 11.1 Å². The molecular weight excluding hydrogens is 334 g/mol. The maximum Gasteiger partial charge on any atom is 0.428 e. The minimum absolute atomic E-state index is 0.0703. The Morgan fingerprint density at radius 2 is 1.58 bits per heavy atom. The number of amides is 2. The zero-order valence-corrected chi connectivity index (χ0v) is 14.4. The summed E-state index contributed by atoms with van der Waals surface area (Å²) in [6, 6.07) is 15.9. The van der Waals surface area contributed by atoms with Crippen LogP contribution in [0.15, 0.2) is 48.5 Å². The van der Waals surface area contributed by atoms with Crippen LogP contribution in [0.1, 0.15) is 30.9 Å². The highest BCUT2D eigenvalue weighted by Gasteiger charge is 2.53. The molecule has 2 aromatic carbocycles. The second-order valence-electron chi connectivity index (χ2n) is 6.85. The van der Waals surface area contributed by atoms with E-state index in [4.69, 9.17) is 4.74 Å². The van der Waals surface area contributed by atoms with Gasteiger partial charge >= 0.3 is 18.2 Å². The van der Waals surface area contributed by atoms with Gasteiger partial charge in [-0.05, 0) is 36.1 Å². The van der Waals surface area contributed by atoms with Crippen molar-refractivity contribution in [2.24, 2.45) is 0 Å². The van der Waals surface area contributed by atoms with Gasteiger partial charge in [-0.15, -0.1) is 0 Å². The minimum atomic E-state index is -1.38. The van der Waals surface area contributed by atoms with Crippen LogP contribution in [0.5, 0.6) is 0 Å². The molecule has 0 saturated carbocycles. The number of hydrogen-bond acceptors (Lipinski definition) is 5. The van der Waals surface area contributed by atoms with Crippen LogP contribution in [0, 0.1) is 0 Å². The van der Waals surface area contributed by atoms with Gasteiger partial charge in [-0.2, -0.15) is 4.90 Å². The average molecular weight is 351 g/mol. The average Bonchev–Trinajstić information content (AvgIpc) is 3.04. The Hall–Kier alpha value is -3.15. The van der Waals surface area contributed by atoms with Gasteiger partial charge in [-0.25, -0.2) is 14.4 Å². The van der Waals surface area contributed by atoms with Crippen molar-refractivity contribution in [1.29, 1.82) is 0 Å². The maximum absolute atomic E-state index is 12.4. The molecule has 132 valence electrons. The summed E-state index contributed by atoms with van der Waals surface area (Å²) in [5.74, 6) is -0.889. The Bertz CT molecular complexity index is 888. The molecule has 1 fully saturated rings. The molecule has 0 N–H and O–H groups in total. The van der Waals surface area contributed by atoms with Crippen molar-refractivity contribution in [2.75, 3.05) is 6.61 Å². The van der Waals surface area contributed by atoms with Crippen LogP contribution >= 0.6 is 0 Å². The first-order valence-electron chi connectivity index (χ1n) is 8.32. The number of imide groups is 1. The Morgan fingerprint density at radius 1 is 1.04 bits per heavy atom. The van der Waals surface area contributed by atoms with Gasteiger partial charge in [0, 0.05) is 5.92 Å². The molecular formula is C20H17NO5. The zero-order chi connectivity index (χ0) is 18.5. The summed E-state index contributed by atoms with van der Waals surface area (Å²) in [4.78, 5) is 36.7. The summed E-state index contributed by atoms with van der Waals surface area (Å²) < 4.78 is 9.95. The topological polar surface area (TPSA) is 72.9 Å². The van der Waals surface area contributed by atoms with Crippen LogP contribution in [0.4, 0.5) is 9.59 Å². The third-order valence-corrected chi connectivity index (χ3v) is 4.94. The molecule has 0 bridgehead atoms. The number of esters is 1. The lowest BCUT2D eigenvalue weighted by molar-refractivity contribution is -0.139. The fourth-order valence-electron chi connectivity index (χ4n) is 3.53. The highest BCUT2D eigenvalue weighted by Crippen LogP contribution is 2.44.